The van der Waals surface area contributed by atoms with Gasteiger partial charge in [-0.2, -0.15) is 0 Å². The van der Waals surface area contributed by atoms with Gasteiger partial charge in [0.1, 0.15) is 11.8 Å². The van der Waals surface area contributed by atoms with E-state index in [1.807, 2.05) is 32.9 Å². The minimum Gasteiger partial charge on any atom is -0.497 e. The zero-order chi connectivity index (χ0) is 21.0. The number of methoxy groups -OCH3 is 1. The van der Waals surface area contributed by atoms with Crippen LogP contribution in [0.5, 0.6) is 5.75 Å². The number of hydrogen-bond acceptors (Lipinski definition) is 4. The highest BCUT2D eigenvalue weighted by molar-refractivity contribution is 7.10. The van der Waals surface area contributed by atoms with E-state index in [4.69, 9.17) is 4.74 Å². The van der Waals surface area contributed by atoms with Crippen molar-refractivity contribution in [2.24, 2.45) is 5.41 Å². The van der Waals surface area contributed by atoms with Gasteiger partial charge in [0.25, 0.3) is 0 Å². The van der Waals surface area contributed by atoms with Gasteiger partial charge in [-0.1, -0.05) is 26.8 Å². The Morgan fingerprint density at radius 2 is 1.83 bits per heavy atom. The first-order chi connectivity index (χ1) is 13.8. The minimum atomic E-state index is -0.378. The summed E-state index contributed by atoms with van der Waals surface area (Å²) < 4.78 is 5.27. The average molecular weight is 417 g/mol. The fraction of sp³-hybridized carbons (Fsp3) is 0.522. The van der Waals surface area contributed by atoms with E-state index < -0.39 is 0 Å². The van der Waals surface area contributed by atoms with Gasteiger partial charge in [0.05, 0.1) is 44.2 Å². The van der Waals surface area contributed by atoms with Crippen LogP contribution in [0.25, 0.3) is 0 Å². The van der Waals surface area contributed by atoms with Gasteiger partial charge in [-0.15, -0.1) is 11.3 Å². The van der Waals surface area contributed by atoms with Crippen LogP contribution in [0.2, 0.25) is 0 Å². The Balaban J connectivity index is 1.69. The molecule has 0 unspecified atom stereocenters. The van der Waals surface area contributed by atoms with Crippen molar-refractivity contribution in [1.82, 2.24) is 5.32 Å². The third kappa shape index (κ3) is 5.31. The van der Waals surface area contributed by atoms with Gasteiger partial charge >= 0.3 is 0 Å². The van der Waals surface area contributed by atoms with E-state index in [1.54, 1.807) is 23.3 Å². The first kappa shape index (κ1) is 21.7. The van der Waals surface area contributed by atoms with Crippen LogP contribution >= 0.6 is 11.3 Å². The molecule has 29 heavy (non-hydrogen) atoms. The molecule has 1 aromatic carbocycles. The van der Waals surface area contributed by atoms with Crippen LogP contribution in [-0.4, -0.2) is 45.2 Å². The van der Waals surface area contributed by atoms with Crippen molar-refractivity contribution in [2.75, 3.05) is 38.2 Å². The number of rotatable bonds is 6. The van der Waals surface area contributed by atoms with Crippen LogP contribution in [0, 0.1) is 5.41 Å². The van der Waals surface area contributed by atoms with E-state index in [1.165, 1.54) is 10.6 Å². The second kappa shape index (κ2) is 9.18. The summed E-state index contributed by atoms with van der Waals surface area (Å²) >= 11 is 1.79. The molecule has 0 radical (unpaired) electrons. The molecule has 3 rings (SSSR count). The number of anilines is 1. The number of carbonyl (C=O) groups excluding carboxylic acids is 1. The lowest BCUT2D eigenvalue weighted by Crippen LogP contribution is -3.16. The van der Waals surface area contributed by atoms with Crippen LogP contribution < -0.4 is 19.9 Å². The Morgan fingerprint density at radius 1 is 1.17 bits per heavy atom. The number of ether oxygens (including phenoxy) is 1. The van der Waals surface area contributed by atoms with Crippen LogP contribution in [0.3, 0.4) is 0 Å². The van der Waals surface area contributed by atoms with Gasteiger partial charge in [0, 0.05) is 11.1 Å². The van der Waals surface area contributed by atoms with Crippen molar-refractivity contribution in [2.45, 2.75) is 39.8 Å². The predicted molar refractivity (Wildman–Crippen MR) is 120 cm³/mol. The van der Waals surface area contributed by atoms with Gasteiger partial charge < -0.3 is 19.9 Å². The van der Waals surface area contributed by atoms with Gasteiger partial charge in [-0.3, -0.25) is 4.79 Å². The molecule has 2 atom stereocenters. The van der Waals surface area contributed by atoms with Crippen LogP contribution in [0.1, 0.15) is 38.6 Å². The average Bonchev–Trinajstić information content (AvgIpc) is 3.22. The molecular weight excluding hydrogens is 382 g/mol. The van der Waals surface area contributed by atoms with E-state index in [0.29, 0.717) is 0 Å². The van der Waals surface area contributed by atoms with E-state index in [2.05, 4.69) is 46.8 Å². The number of benzene rings is 1. The van der Waals surface area contributed by atoms with Crippen LogP contribution in [0.15, 0.2) is 41.8 Å². The number of nitrogens with one attached hydrogen (secondary N) is 2. The molecule has 1 aromatic heterocycles. The molecule has 1 aliphatic rings. The number of piperazine rings is 1. The highest BCUT2D eigenvalue weighted by atomic mass is 32.1. The maximum Gasteiger partial charge on any atom is 0.225 e. The normalized spacial score (nSPS) is 17.6. The van der Waals surface area contributed by atoms with Crippen molar-refractivity contribution < 1.29 is 14.4 Å². The number of nitrogens with zero attached hydrogens (tertiary/aromatic N) is 1. The molecule has 0 bridgehead atoms. The highest BCUT2D eigenvalue weighted by Crippen LogP contribution is 2.23. The number of quaternary nitrogens is 1. The smallest absolute Gasteiger partial charge is 0.225 e. The SMILES string of the molecule is COc1ccc(N2CC[NH+]([C@H](c3cccs3)[C@@H](C)NC(=O)C(C)(C)C)CC2)cc1. The fourth-order valence-corrected chi connectivity index (χ4v) is 4.92. The maximum absolute atomic E-state index is 12.6. The molecule has 2 N–H and O–H groups in total. The summed E-state index contributed by atoms with van der Waals surface area (Å²) in [6.07, 6.45) is 0. The van der Waals surface area contributed by atoms with Gasteiger partial charge in [0.2, 0.25) is 5.91 Å². The molecule has 1 fully saturated rings. The number of thiophene rings is 1. The molecule has 0 spiro atoms. The summed E-state index contributed by atoms with van der Waals surface area (Å²) in [5.41, 5.74) is 0.864. The Labute approximate surface area is 178 Å². The number of hydrogen-bond donors (Lipinski definition) is 2. The predicted octanol–water partition coefficient (Wildman–Crippen LogP) is 2.75. The zero-order valence-electron chi connectivity index (χ0n) is 18.2. The van der Waals surface area contributed by atoms with E-state index in [9.17, 15) is 4.79 Å². The molecule has 158 valence electrons. The second-order valence-corrected chi connectivity index (χ2v) is 9.83. The van der Waals surface area contributed by atoms with Gasteiger partial charge in [-0.25, -0.2) is 0 Å². The Kier molecular flexibility index (Phi) is 6.85. The highest BCUT2D eigenvalue weighted by Gasteiger charge is 2.35. The third-order valence-corrected chi connectivity index (χ3v) is 6.63. The lowest BCUT2D eigenvalue weighted by molar-refractivity contribution is -0.933. The van der Waals surface area contributed by atoms with Crippen molar-refractivity contribution in [3.8, 4) is 5.75 Å². The summed E-state index contributed by atoms with van der Waals surface area (Å²) in [6, 6.07) is 13.0. The molecule has 2 heterocycles. The number of carbonyl (C=O) groups is 1. The quantitative estimate of drug-likeness (QED) is 0.761. The van der Waals surface area contributed by atoms with E-state index >= 15 is 0 Å². The van der Waals surface area contributed by atoms with Crippen molar-refractivity contribution in [3.63, 3.8) is 0 Å². The lowest BCUT2D eigenvalue weighted by atomic mass is 9.94. The molecule has 6 heteroatoms. The van der Waals surface area contributed by atoms with Gasteiger partial charge in [-0.05, 0) is 42.6 Å². The molecule has 0 saturated carbocycles. The third-order valence-electron chi connectivity index (χ3n) is 5.67. The molecule has 5 nitrogen and oxygen atoms in total. The fourth-order valence-electron chi connectivity index (χ4n) is 3.93. The monoisotopic (exact) mass is 416 g/mol. The molecule has 1 saturated heterocycles. The Morgan fingerprint density at radius 3 is 2.34 bits per heavy atom. The minimum absolute atomic E-state index is 0.0860. The second-order valence-electron chi connectivity index (χ2n) is 8.85. The van der Waals surface area contributed by atoms with Crippen LogP contribution in [-0.2, 0) is 4.79 Å². The van der Waals surface area contributed by atoms with E-state index in [0.717, 1.165) is 31.9 Å². The maximum atomic E-state index is 12.6. The number of amides is 1. The summed E-state index contributed by atoms with van der Waals surface area (Å²) in [7, 11) is 1.70. The molecule has 2 aromatic rings. The Hall–Kier alpha value is -2.05. The zero-order valence-corrected chi connectivity index (χ0v) is 19.0. The topological polar surface area (TPSA) is 46.0 Å². The molecule has 1 aliphatic heterocycles. The van der Waals surface area contributed by atoms with Crippen LogP contribution in [0.4, 0.5) is 5.69 Å². The first-order valence-corrected chi connectivity index (χ1v) is 11.3. The Bertz CT molecular complexity index is 775. The molecule has 0 aliphatic carbocycles. The lowest BCUT2D eigenvalue weighted by Gasteiger charge is -2.39. The van der Waals surface area contributed by atoms with Crippen molar-refractivity contribution in [1.29, 1.82) is 0 Å². The van der Waals surface area contributed by atoms with E-state index in [-0.39, 0.29) is 23.4 Å². The summed E-state index contributed by atoms with van der Waals surface area (Å²) in [5, 5.41) is 5.41. The molecule has 1 amide bonds. The summed E-state index contributed by atoms with van der Waals surface area (Å²) in [4.78, 5) is 17.9. The summed E-state index contributed by atoms with van der Waals surface area (Å²) in [5.74, 6) is 1.00. The molecular formula is C23H34N3O2S+. The van der Waals surface area contributed by atoms with Gasteiger partial charge in [0.15, 0.2) is 0 Å². The standard InChI is InChI=1S/C23H33N3O2S/c1-17(24-22(27)23(2,3)4)21(20-7-6-16-29-20)26-14-12-25(13-15-26)18-8-10-19(28-5)11-9-18/h6-11,16-17,21H,12-15H2,1-5H3,(H,24,27)/p+1/t17-,21+/m1/s1. The largest absolute Gasteiger partial charge is 0.497 e. The summed E-state index contributed by atoms with van der Waals surface area (Å²) in [6.45, 7) is 12.2. The van der Waals surface area contributed by atoms with Crippen molar-refractivity contribution >= 4 is 22.9 Å². The van der Waals surface area contributed by atoms with Crippen molar-refractivity contribution in [3.05, 3.63) is 46.7 Å². The first-order valence-electron chi connectivity index (χ1n) is 10.4.